The van der Waals surface area contributed by atoms with Crippen molar-refractivity contribution in [3.8, 4) is 0 Å². The summed E-state index contributed by atoms with van der Waals surface area (Å²) in [6.07, 6.45) is -2.11. The number of aliphatic hydroxyl groups is 1. The van der Waals surface area contributed by atoms with Crippen LogP contribution < -0.4 is 10.6 Å². The number of rotatable bonds is 8. The molecule has 6 nitrogen and oxygen atoms in total. The van der Waals surface area contributed by atoms with Gasteiger partial charge in [-0.15, -0.1) is 11.3 Å². The Bertz CT molecular complexity index is 817. The summed E-state index contributed by atoms with van der Waals surface area (Å²) in [5.41, 5.74) is -3.06. The number of nitrogens with zero attached hydrogens (tertiary/aromatic N) is 3. The van der Waals surface area contributed by atoms with Gasteiger partial charge in [0.15, 0.2) is 5.96 Å². The number of aromatic nitrogens is 2. The molecule has 10 heteroatoms. The van der Waals surface area contributed by atoms with E-state index in [0.717, 1.165) is 6.42 Å². The molecule has 162 valence electrons. The fourth-order valence-electron chi connectivity index (χ4n) is 2.98. The van der Waals surface area contributed by atoms with Crippen LogP contribution >= 0.6 is 11.3 Å². The molecular formula is C19H28F3N5OS. The molecular weight excluding hydrogens is 403 g/mol. The zero-order valence-corrected chi connectivity index (χ0v) is 17.9. The molecule has 0 aliphatic rings. The summed E-state index contributed by atoms with van der Waals surface area (Å²) < 4.78 is 42.0. The van der Waals surface area contributed by atoms with Crippen molar-refractivity contribution in [1.82, 2.24) is 20.2 Å². The Morgan fingerprint density at radius 2 is 2.10 bits per heavy atom. The molecule has 0 fully saturated rings. The van der Waals surface area contributed by atoms with Crippen molar-refractivity contribution >= 4 is 17.3 Å². The minimum absolute atomic E-state index is 0.0434. The largest absolute Gasteiger partial charge is 0.424 e. The van der Waals surface area contributed by atoms with E-state index in [1.807, 2.05) is 20.8 Å². The molecule has 2 unspecified atom stereocenters. The van der Waals surface area contributed by atoms with E-state index >= 15 is 0 Å². The van der Waals surface area contributed by atoms with Gasteiger partial charge in [-0.3, -0.25) is 4.99 Å². The molecule has 0 saturated carbocycles. The van der Waals surface area contributed by atoms with Gasteiger partial charge in [0.1, 0.15) is 5.82 Å². The maximum absolute atomic E-state index is 13.6. The van der Waals surface area contributed by atoms with E-state index in [9.17, 15) is 18.3 Å². The van der Waals surface area contributed by atoms with Gasteiger partial charge in [-0.2, -0.15) is 13.2 Å². The van der Waals surface area contributed by atoms with Crippen molar-refractivity contribution < 1.29 is 18.3 Å². The zero-order valence-electron chi connectivity index (χ0n) is 17.0. The summed E-state index contributed by atoms with van der Waals surface area (Å²) in [6.45, 7) is 6.26. The fourth-order valence-corrected chi connectivity index (χ4v) is 3.99. The van der Waals surface area contributed by atoms with Gasteiger partial charge in [0.2, 0.25) is 5.60 Å². The molecule has 0 spiro atoms. The third-order valence-corrected chi connectivity index (χ3v) is 5.46. The molecule has 0 aliphatic carbocycles. The first-order valence-electron chi connectivity index (χ1n) is 9.44. The van der Waals surface area contributed by atoms with E-state index in [4.69, 9.17) is 0 Å². The lowest BCUT2D eigenvalue weighted by molar-refractivity contribution is -0.272. The van der Waals surface area contributed by atoms with Gasteiger partial charge >= 0.3 is 6.18 Å². The number of aryl methyl sites for hydroxylation is 2. The number of hydrogen-bond donors (Lipinski definition) is 3. The monoisotopic (exact) mass is 431 g/mol. The average molecular weight is 432 g/mol. The van der Waals surface area contributed by atoms with Gasteiger partial charge in [0, 0.05) is 61.2 Å². The standard InChI is InChI=1S/C19H28F3N5OS/c1-5-23-17(26-13(2)12-15-7-6-14(3)29-15)25-9-8-18(28,19(20,21)22)16-24-10-11-27(16)4/h6-7,10-11,13,28H,5,8-9,12H2,1-4H3,(H2,23,25,26). The van der Waals surface area contributed by atoms with Crippen LogP contribution in [0.2, 0.25) is 0 Å². The van der Waals surface area contributed by atoms with Crippen LogP contribution in [0.5, 0.6) is 0 Å². The molecule has 0 amide bonds. The molecule has 2 rings (SSSR count). The fraction of sp³-hybridized carbons (Fsp3) is 0.579. The van der Waals surface area contributed by atoms with Crippen LogP contribution in [-0.2, 0) is 19.1 Å². The number of thiophene rings is 1. The lowest BCUT2D eigenvalue weighted by Gasteiger charge is -2.29. The average Bonchev–Trinajstić information content (AvgIpc) is 3.22. The molecule has 0 radical (unpaired) electrons. The molecule has 0 saturated heterocycles. The number of alkyl halides is 3. The number of hydrogen-bond acceptors (Lipinski definition) is 4. The van der Waals surface area contributed by atoms with Crippen LogP contribution in [-0.4, -0.2) is 45.9 Å². The van der Waals surface area contributed by atoms with E-state index < -0.39 is 24.0 Å². The molecule has 2 heterocycles. The summed E-state index contributed by atoms with van der Waals surface area (Å²) in [7, 11) is 1.42. The van der Waals surface area contributed by atoms with Gasteiger partial charge in [-0.05, 0) is 32.9 Å². The Kier molecular flexibility index (Phi) is 7.70. The van der Waals surface area contributed by atoms with Crippen molar-refractivity contribution in [3.05, 3.63) is 40.1 Å². The van der Waals surface area contributed by atoms with Gasteiger partial charge < -0.3 is 20.3 Å². The predicted molar refractivity (Wildman–Crippen MR) is 109 cm³/mol. The zero-order chi connectivity index (χ0) is 21.7. The molecule has 2 atom stereocenters. The molecule has 29 heavy (non-hydrogen) atoms. The maximum atomic E-state index is 13.6. The number of aliphatic imine (C=N–C) groups is 1. The van der Waals surface area contributed by atoms with Gasteiger partial charge in [0.25, 0.3) is 0 Å². The lowest BCUT2D eigenvalue weighted by atomic mass is 9.98. The Morgan fingerprint density at radius 1 is 1.38 bits per heavy atom. The highest BCUT2D eigenvalue weighted by molar-refractivity contribution is 7.11. The number of nitrogens with one attached hydrogen (secondary N) is 2. The summed E-state index contributed by atoms with van der Waals surface area (Å²) in [4.78, 5) is 10.4. The molecule has 2 aromatic heterocycles. The van der Waals surface area contributed by atoms with Crippen LogP contribution in [0.4, 0.5) is 13.2 Å². The van der Waals surface area contributed by atoms with Gasteiger partial charge in [0.05, 0.1) is 0 Å². The van der Waals surface area contributed by atoms with E-state index in [2.05, 4.69) is 32.7 Å². The maximum Gasteiger partial charge on any atom is 0.424 e. The highest BCUT2D eigenvalue weighted by Gasteiger charge is 2.57. The first kappa shape index (κ1) is 23.2. The first-order valence-corrected chi connectivity index (χ1v) is 10.3. The second-order valence-corrected chi connectivity index (χ2v) is 8.36. The smallest absolute Gasteiger partial charge is 0.374 e. The second-order valence-electron chi connectivity index (χ2n) is 6.99. The Labute approximate surface area is 172 Å². The highest BCUT2D eigenvalue weighted by atomic mass is 32.1. The third-order valence-electron chi connectivity index (χ3n) is 4.43. The van der Waals surface area contributed by atoms with Crippen LogP contribution in [0.25, 0.3) is 0 Å². The Morgan fingerprint density at radius 3 is 2.62 bits per heavy atom. The third kappa shape index (κ3) is 5.96. The van der Waals surface area contributed by atoms with Crippen molar-refractivity contribution in [2.75, 3.05) is 13.1 Å². The van der Waals surface area contributed by atoms with Crippen molar-refractivity contribution in [2.45, 2.75) is 51.4 Å². The van der Waals surface area contributed by atoms with Crippen molar-refractivity contribution in [3.63, 3.8) is 0 Å². The Balaban J connectivity index is 2.07. The van der Waals surface area contributed by atoms with Crippen LogP contribution in [0.3, 0.4) is 0 Å². The molecule has 2 aromatic rings. The molecule has 0 aromatic carbocycles. The van der Waals surface area contributed by atoms with E-state index in [-0.39, 0.29) is 12.6 Å². The molecule has 0 bridgehead atoms. The van der Waals surface area contributed by atoms with Gasteiger partial charge in [-0.1, -0.05) is 0 Å². The van der Waals surface area contributed by atoms with Crippen LogP contribution in [0.1, 0.15) is 35.8 Å². The van der Waals surface area contributed by atoms with Crippen molar-refractivity contribution in [1.29, 1.82) is 0 Å². The van der Waals surface area contributed by atoms with Crippen molar-refractivity contribution in [2.24, 2.45) is 12.0 Å². The normalized spacial score (nSPS) is 15.8. The number of imidazole rings is 1. The molecule has 0 aliphatic heterocycles. The second kappa shape index (κ2) is 9.62. The van der Waals surface area contributed by atoms with E-state index in [0.29, 0.717) is 12.5 Å². The predicted octanol–water partition coefficient (Wildman–Crippen LogP) is 3.12. The number of guanidine groups is 1. The Hall–Kier alpha value is -2.07. The number of halogens is 3. The summed E-state index contributed by atoms with van der Waals surface area (Å²) in [5.74, 6) is -0.0303. The van der Waals surface area contributed by atoms with E-state index in [1.54, 1.807) is 11.3 Å². The van der Waals surface area contributed by atoms with Crippen LogP contribution in [0, 0.1) is 6.92 Å². The quantitative estimate of drug-likeness (QED) is 0.444. The first-order chi connectivity index (χ1) is 13.6. The van der Waals surface area contributed by atoms with Gasteiger partial charge in [-0.25, -0.2) is 4.98 Å². The summed E-state index contributed by atoms with van der Waals surface area (Å²) in [6, 6.07) is 4.17. The highest BCUT2D eigenvalue weighted by Crippen LogP contribution is 2.40. The van der Waals surface area contributed by atoms with Crippen LogP contribution in [0.15, 0.2) is 29.5 Å². The summed E-state index contributed by atoms with van der Waals surface area (Å²) in [5, 5.41) is 16.6. The minimum Gasteiger partial charge on any atom is -0.374 e. The summed E-state index contributed by atoms with van der Waals surface area (Å²) >= 11 is 1.71. The SMILES string of the molecule is CCNC(=NCCC(O)(c1nccn1C)C(F)(F)F)NC(C)Cc1ccc(C)s1. The topological polar surface area (TPSA) is 74.5 Å². The molecule has 3 N–H and O–H groups in total. The minimum atomic E-state index is -4.86. The van der Waals surface area contributed by atoms with E-state index in [1.165, 1.54) is 33.8 Å². The lowest BCUT2D eigenvalue weighted by Crippen LogP contribution is -2.46.